The van der Waals surface area contributed by atoms with E-state index in [2.05, 4.69) is 59.2 Å². The Hall–Kier alpha value is -0.810. The first-order valence-electron chi connectivity index (χ1n) is 13.0. The molecule has 2 heteroatoms. The Kier molecular flexibility index (Phi) is 24.1. The summed E-state index contributed by atoms with van der Waals surface area (Å²) in [6, 6.07) is 3.14. The molecule has 0 aromatic carbocycles. The quantitative estimate of drug-likeness (QED) is 0.364. The first kappa shape index (κ1) is 33.8. The van der Waals surface area contributed by atoms with Crippen molar-refractivity contribution in [1.82, 2.24) is 4.90 Å². The topological polar surface area (TPSA) is 27.0 Å². The highest BCUT2D eigenvalue weighted by Gasteiger charge is 2.25. The Morgan fingerprint density at radius 2 is 1.43 bits per heavy atom. The summed E-state index contributed by atoms with van der Waals surface area (Å²) in [5.41, 5.74) is 1.41. The molecule has 2 nitrogen and oxygen atoms in total. The van der Waals surface area contributed by atoms with E-state index in [1.54, 1.807) is 0 Å². The number of hydrogen-bond acceptors (Lipinski definition) is 2. The SMILES string of the molecule is C=C1CC[C@H](C)C(C)C(C)N(C)C[C@H](C)CC(C#N)CCCC1C.CC.CC.CC. The van der Waals surface area contributed by atoms with Crippen molar-refractivity contribution in [2.45, 2.75) is 121 Å². The van der Waals surface area contributed by atoms with E-state index >= 15 is 0 Å². The van der Waals surface area contributed by atoms with Crippen LogP contribution in [0.3, 0.4) is 0 Å². The largest absolute Gasteiger partial charge is 0.303 e. The summed E-state index contributed by atoms with van der Waals surface area (Å²) < 4.78 is 0. The predicted molar refractivity (Wildman–Crippen MR) is 139 cm³/mol. The summed E-state index contributed by atoms with van der Waals surface area (Å²) in [5, 5.41) is 9.49. The van der Waals surface area contributed by atoms with E-state index in [-0.39, 0.29) is 5.92 Å². The molecule has 0 radical (unpaired) electrons. The van der Waals surface area contributed by atoms with Crippen LogP contribution in [-0.2, 0) is 0 Å². The first-order valence-corrected chi connectivity index (χ1v) is 13.0. The third-order valence-electron chi connectivity index (χ3n) is 6.63. The van der Waals surface area contributed by atoms with Gasteiger partial charge < -0.3 is 4.90 Å². The molecular weight excluding hydrogens is 364 g/mol. The highest BCUT2D eigenvalue weighted by molar-refractivity contribution is 4.99. The molecule has 4 unspecified atom stereocenters. The third-order valence-corrected chi connectivity index (χ3v) is 6.63. The van der Waals surface area contributed by atoms with Gasteiger partial charge in [0.15, 0.2) is 0 Å². The zero-order chi connectivity index (χ0) is 24.3. The molecule has 0 N–H and O–H groups in total. The molecule has 1 aliphatic rings. The van der Waals surface area contributed by atoms with E-state index in [9.17, 15) is 5.26 Å². The van der Waals surface area contributed by atoms with Gasteiger partial charge in [0.05, 0.1) is 6.07 Å². The number of rotatable bonds is 0. The van der Waals surface area contributed by atoms with Gasteiger partial charge in [0.25, 0.3) is 0 Å². The van der Waals surface area contributed by atoms with Crippen molar-refractivity contribution in [3.63, 3.8) is 0 Å². The molecule has 0 spiro atoms. The van der Waals surface area contributed by atoms with E-state index in [1.807, 2.05) is 41.5 Å². The summed E-state index contributed by atoms with van der Waals surface area (Å²) in [6.45, 7) is 29.2. The summed E-state index contributed by atoms with van der Waals surface area (Å²) in [5.74, 6) is 2.79. The maximum atomic E-state index is 9.49. The minimum absolute atomic E-state index is 0.214. The van der Waals surface area contributed by atoms with Crippen LogP contribution in [0.25, 0.3) is 0 Å². The van der Waals surface area contributed by atoms with Gasteiger partial charge in [-0.2, -0.15) is 5.26 Å². The highest BCUT2D eigenvalue weighted by atomic mass is 15.1. The molecule has 0 amide bonds. The molecule has 180 valence electrons. The third kappa shape index (κ3) is 14.2. The second-order valence-corrected chi connectivity index (χ2v) is 8.71. The summed E-state index contributed by atoms with van der Waals surface area (Å²) in [4.78, 5) is 2.51. The fraction of sp³-hybridized carbons (Fsp3) is 0.893. The molecule has 1 saturated heterocycles. The van der Waals surface area contributed by atoms with Crippen LogP contribution in [-0.4, -0.2) is 24.5 Å². The van der Waals surface area contributed by atoms with Crippen LogP contribution in [0.4, 0.5) is 0 Å². The lowest BCUT2D eigenvalue weighted by Gasteiger charge is -2.35. The fourth-order valence-electron chi connectivity index (χ4n) is 4.13. The Bertz CT molecular complexity index is 423. The van der Waals surface area contributed by atoms with E-state index < -0.39 is 0 Å². The minimum atomic E-state index is 0.214. The van der Waals surface area contributed by atoms with Crippen molar-refractivity contribution in [2.24, 2.45) is 29.6 Å². The maximum Gasteiger partial charge on any atom is 0.0655 e. The van der Waals surface area contributed by atoms with Gasteiger partial charge in [0.1, 0.15) is 0 Å². The lowest BCUT2D eigenvalue weighted by Crippen LogP contribution is -2.39. The van der Waals surface area contributed by atoms with Crippen LogP contribution in [0, 0.1) is 40.9 Å². The van der Waals surface area contributed by atoms with Gasteiger partial charge in [-0.3, -0.25) is 0 Å². The van der Waals surface area contributed by atoms with Crippen molar-refractivity contribution in [2.75, 3.05) is 13.6 Å². The second kappa shape index (κ2) is 21.4. The predicted octanol–water partition coefficient (Wildman–Crippen LogP) is 8.98. The molecule has 1 rings (SSSR count). The molecule has 0 bridgehead atoms. The molecule has 6 atom stereocenters. The molecule has 1 aliphatic heterocycles. The fourth-order valence-corrected chi connectivity index (χ4v) is 4.13. The summed E-state index contributed by atoms with van der Waals surface area (Å²) in [6.07, 6.45) is 6.83. The zero-order valence-electron chi connectivity index (χ0n) is 23.0. The Morgan fingerprint density at radius 1 is 0.900 bits per heavy atom. The van der Waals surface area contributed by atoms with Crippen LogP contribution in [0.5, 0.6) is 0 Å². The van der Waals surface area contributed by atoms with Crippen molar-refractivity contribution in [1.29, 1.82) is 5.26 Å². The van der Waals surface area contributed by atoms with Crippen LogP contribution in [0.1, 0.15) is 115 Å². The first-order chi connectivity index (χ1) is 14.3. The normalized spacial score (nSPS) is 31.6. The van der Waals surface area contributed by atoms with Gasteiger partial charge in [-0.15, -0.1) is 0 Å². The van der Waals surface area contributed by atoms with Gasteiger partial charge in [-0.1, -0.05) is 87.8 Å². The van der Waals surface area contributed by atoms with Gasteiger partial charge in [0, 0.05) is 18.5 Å². The Labute approximate surface area is 192 Å². The summed E-state index contributed by atoms with van der Waals surface area (Å²) in [7, 11) is 2.25. The van der Waals surface area contributed by atoms with Gasteiger partial charge in [-0.05, 0) is 69.7 Å². The lowest BCUT2D eigenvalue weighted by molar-refractivity contribution is 0.137. The zero-order valence-corrected chi connectivity index (χ0v) is 23.0. The van der Waals surface area contributed by atoms with Crippen LogP contribution >= 0.6 is 0 Å². The van der Waals surface area contributed by atoms with E-state index in [0.717, 1.165) is 38.1 Å². The molecule has 0 aromatic heterocycles. The molecular formula is C28H58N2. The Balaban J connectivity index is -0.00000111. The number of nitriles is 1. The molecule has 1 fully saturated rings. The number of nitrogens with zero attached hydrogens (tertiary/aromatic N) is 2. The van der Waals surface area contributed by atoms with Gasteiger partial charge in [-0.25, -0.2) is 0 Å². The van der Waals surface area contributed by atoms with Crippen molar-refractivity contribution in [3.8, 4) is 6.07 Å². The van der Waals surface area contributed by atoms with Gasteiger partial charge in [0.2, 0.25) is 0 Å². The minimum Gasteiger partial charge on any atom is -0.303 e. The average molecular weight is 423 g/mol. The standard InChI is InChI=1S/C22H40N2.3C2H6/c1-16-13-22(14-23)10-8-9-17(2)18(3)11-12-19(4)20(5)21(6)24(7)15-16;3*1-2/h16-17,19-22H,3,8-13,15H2,1-2,4-7H3;3*1-2H3/t16-,17?,19+,20?,21?,22?;;;/m1.../s1. The van der Waals surface area contributed by atoms with Crippen LogP contribution < -0.4 is 0 Å². The molecule has 1 heterocycles. The van der Waals surface area contributed by atoms with E-state index in [1.165, 1.54) is 18.4 Å². The number of hydrogen-bond donors (Lipinski definition) is 0. The summed E-state index contributed by atoms with van der Waals surface area (Å²) >= 11 is 0. The maximum absolute atomic E-state index is 9.49. The average Bonchev–Trinajstić information content (AvgIpc) is 2.78. The molecule has 0 aliphatic carbocycles. The van der Waals surface area contributed by atoms with Gasteiger partial charge >= 0.3 is 0 Å². The molecule has 0 saturated carbocycles. The monoisotopic (exact) mass is 422 g/mol. The van der Waals surface area contributed by atoms with Crippen molar-refractivity contribution in [3.05, 3.63) is 12.2 Å². The van der Waals surface area contributed by atoms with E-state index in [0.29, 0.717) is 23.8 Å². The van der Waals surface area contributed by atoms with Crippen LogP contribution in [0.2, 0.25) is 0 Å². The van der Waals surface area contributed by atoms with Crippen molar-refractivity contribution < 1.29 is 0 Å². The second-order valence-electron chi connectivity index (χ2n) is 8.71. The number of allylic oxidation sites excluding steroid dienone is 1. The van der Waals surface area contributed by atoms with Crippen LogP contribution in [0.15, 0.2) is 12.2 Å². The lowest BCUT2D eigenvalue weighted by atomic mass is 9.83. The Morgan fingerprint density at radius 3 is 1.93 bits per heavy atom. The smallest absolute Gasteiger partial charge is 0.0655 e. The van der Waals surface area contributed by atoms with E-state index in [4.69, 9.17) is 0 Å². The molecule has 30 heavy (non-hydrogen) atoms. The highest BCUT2D eigenvalue weighted by Crippen LogP contribution is 2.30. The molecule has 0 aromatic rings. The van der Waals surface area contributed by atoms with Crippen molar-refractivity contribution >= 4 is 0 Å².